The molecule has 1 aromatic carbocycles. The Hall–Kier alpha value is -2.14. The number of fused-ring (bicyclic) bond motifs is 1. The summed E-state index contributed by atoms with van der Waals surface area (Å²) < 4.78 is 0. The van der Waals surface area contributed by atoms with Crippen LogP contribution in [0.2, 0.25) is 5.02 Å². The zero-order chi connectivity index (χ0) is 13.8. The van der Waals surface area contributed by atoms with Gasteiger partial charge in [0.2, 0.25) is 0 Å². The average molecular weight is 276 g/mol. The molecule has 0 amide bonds. The molecule has 5 nitrogen and oxygen atoms in total. The van der Waals surface area contributed by atoms with Gasteiger partial charge in [-0.05, 0) is 30.7 Å². The molecule has 4 N–H and O–H groups in total. The Bertz CT molecular complexity index is 651. The van der Waals surface area contributed by atoms with Gasteiger partial charge in [-0.3, -0.25) is 0 Å². The minimum atomic E-state index is 0.341. The first kappa shape index (κ1) is 13.3. The summed E-state index contributed by atoms with van der Waals surface area (Å²) in [6, 6.07) is 5.37. The van der Waals surface area contributed by atoms with Crippen LogP contribution in [-0.2, 0) is 0 Å². The third-order valence-corrected chi connectivity index (χ3v) is 2.90. The lowest BCUT2D eigenvalue weighted by Crippen LogP contribution is -2.04. The Morgan fingerprint density at radius 2 is 2.21 bits per heavy atom. The number of halogens is 1. The Morgan fingerprint density at radius 1 is 1.42 bits per heavy atom. The lowest BCUT2D eigenvalue weighted by molar-refractivity contribution is 0.922. The largest absolute Gasteiger partial charge is 0.391 e. The summed E-state index contributed by atoms with van der Waals surface area (Å²) in [4.78, 5) is 0. The zero-order valence-corrected chi connectivity index (χ0v) is 11.2. The van der Waals surface area contributed by atoms with Crippen LogP contribution in [0.5, 0.6) is 0 Å². The number of nitrogen functional groups attached to an aromatic ring is 1. The van der Waals surface area contributed by atoms with Crippen LogP contribution >= 0.6 is 11.6 Å². The monoisotopic (exact) mass is 275 g/mol. The number of nitrogens with two attached hydrogens (primary N) is 1. The lowest BCUT2D eigenvalue weighted by Gasteiger charge is -2.06. The molecule has 0 atom stereocenters. The number of benzene rings is 1. The van der Waals surface area contributed by atoms with Crippen LogP contribution in [0.4, 0.5) is 5.82 Å². The van der Waals surface area contributed by atoms with Gasteiger partial charge in [-0.1, -0.05) is 11.6 Å². The van der Waals surface area contributed by atoms with Gasteiger partial charge < -0.3 is 16.5 Å². The number of hydrogen-bond donors (Lipinski definition) is 3. The molecule has 1 aromatic heterocycles. The molecule has 0 aliphatic rings. The molecule has 19 heavy (non-hydrogen) atoms. The summed E-state index contributed by atoms with van der Waals surface area (Å²) in [6.07, 6.45) is 3.06. The summed E-state index contributed by atoms with van der Waals surface area (Å²) >= 11 is 6.18. The highest BCUT2D eigenvalue weighted by molar-refractivity contribution is 6.35. The number of hydrogen-bond acceptors (Lipinski definition) is 5. The summed E-state index contributed by atoms with van der Waals surface area (Å²) in [6.45, 7) is 2.78. The third-order valence-electron chi connectivity index (χ3n) is 2.61. The molecular weight excluding hydrogens is 262 g/mol. The number of anilines is 1. The molecule has 0 aliphatic heterocycles. The molecule has 2 rings (SSSR count). The van der Waals surface area contributed by atoms with Crippen LogP contribution in [0.1, 0.15) is 12.5 Å². The fourth-order valence-electron chi connectivity index (χ4n) is 1.72. The second-order valence-corrected chi connectivity index (χ2v) is 4.37. The lowest BCUT2D eigenvalue weighted by atomic mass is 10.1. The molecule has 0 aliphatic carbocycles. The second-order valence-electron chi connectivity index (χ2n) is 3.97. The number of allylic oxidation sites excluding steroid dienone is 1. The maximum absolute atomic E-state index is 7.47. The van der Waals surface area contributed by atoms with Crippen molar-refractivity contribution in [2.24, 2.45) is 0 Å². The maximum Gasteiger partial charge on any atom is 0.146 e. The van der Waals surface area contributed by atoms with E-state index in [1.165, 1.54) is 6.21 Å². The number of nitrogens with one attached hydrogen (secondary N) is 2. The van der Waals surface area contributed by atoms with E-state index in [4.69, 9.17) is 22.7 Å². The van der Waals surface area contributed by atoms with Gasteiger partial charge in [0.05, 0.1) is 5.02 Å². The van der Waals surface area contributed by atoms with E-state index in [0.717, 1.165) is 23.1 Å². The van der Waals surface area contributed by atoms with E-state index in [2.05, 4.69) is 15.5 Å². The predicted octanol–water partition coefficient (Wildman–Crippen LogP) is 2.47. The van der Waals surface area contributed by atoms with Gasteiger partial charge in [0, 0.05) is 29.9 Å². The first-order chi connectivity index (χ1) is 9.15. The van der Waals surface area contributed by atoms with E-state index in [9.17, 15) is 0 Å². The van der Waals surface area contributed by atoms with Gasteiger partial charge in [-0.2, -0.15) is 0 Å². The molecule has 0 radical (unpaired) electrons. The first-order valence-electron chi connectivity index (χ1n) is 5.82. The predicted molar refractivity (Wildman–Crippen MR) is 79.4 cm³/mol. The van der Waals surface area contributed by atoms with Gasteiger partial charge in [-0.25, -0.2) is 0 Å². The minimum absolute atomic E-state index is 0.341. The third kappa shape index (κ3) is 2.82. The molecule has 0 saturated carbocycles. The van der Waals surface area contributed by atoms with Gasteiger partial charge in [0.15, 0.2) is 0 Å². The van der Waals surface area contributed by atoms with Crippen LogP contribution in [0, 0.1) is 5.41 Å². The van der Waals surface area contributed by atoms with E-state index in [0.29, 0.717) is 16.4 Å². The fraction of sp³-hybridized carbons (Fsp3) is 0.154. The highest BCUT2D eigenvalue weighted by Gasteiger charge is 2.07. The van der Waals surface area contributed by atoms with Crippen molar-refractivity contribution in [3.8, 4) is 0 Å². The van der Waals surface area contributed by atoms with Crippen molar-refractivity contribution in [1.82, 2.24) is 15.5 Å². The fourth-order valence-corrected chi connectivity index (χ4v) is 1.98. The van der Waals surface area contributed by atoms with E-state index < -0.39 is 0 Å². The molecule has 1 heterocycles. The van der Waals surface area contributed by atoms with Gasteiger partial charge in [0.25, 0.3) is 0 Å². The highest BCUT2D eigenvalue weighted by atomic mass is 35.5. The average Bonchev–Trinajstić information content (AvgIpc) is 2.39. The van der Waals surface area contributed by atoms with Crippen molar-refractivity contribution in [3.63, 3.8) is 0 Å². The van der Waals surface area contributed by atoms with Gasteiger partial charge in [-0.15, -0.1) is 10.2 Å². The summed E-state index contributed by atoms with van der Waals surface area (Å²) in [5.41, 5.74) is 7.80. The SMILES string of the molecule is CCN/C=C(\C=N)c1cc(Cl)c2nnc(N)cc2c1. The van der Waals surface area contributed by atoms with E-state index in [1.54, 1.807) is 18.3 Å². The Labute approximate surface area is 116 Å². The summed E-state index contributed by atoms with van der Waals surface area (Å²) in [7, 11) is 0. The van der Waals surface area contributed by atoms with Crippen LogP contribution in [0.25, 0.3) is 16.5 Å². The van der Waals surface area contributed by atoms with Crippen LogP contribution in [0.3, 0.4) is 0 Å². The molecule has 0 spiro atoms. The number of nitrogens with zero attached hydrogens (tertiary/aromatic N) is 2. The van der Waals surface area contributed by atoms with Crippen molar-refractivity contribution in [2.45, 2.75) is 6.92 Å². The first-order valence-corrected chi connectivity index (χ1v) is 6.20. The molecular formula is C13H14ClN5. The topological polar surface area (TPSA) is 87.7 Å². The molecule has 0 fully saturated rings. The normalized spacial score (nSPS) is 11.6. The number of rotatable bonds is 4. The smallest absolute Gasteiger partial charge is 0.146 e. The Kier molecular flexibility index (Phi) is 3.97. The van der Waals surface area contributed by atoms with Gasteiger partial charge >= 0.3 is 0 Å². The molecule has 6 heteroatoms. The second kappa shape index (κ2) is 5.67. The molecule has 0 bridgehead atoms. The summed E-state index contributed by atoms with van der Waals surface area (Å²) in [5.74, 6) is 0.341. The van der Waals surface area contributed by atoms with E-state index in [1.807, 2.05) is 13.0 Å². The van der Waals surface area contributed by atoms with E-state index >= 15 is 0 Å². The van der Waals surface area contributed by atoms with Crippen molar-refractivity contribution < 1.29 is 0 Å². The Morgan fingerprint density at radius 3 is 2.89 bits per heavy atom. The minimum Gasteiger partial charge on any atom is -0.391 e. The van der Waals surface area contributed by atoms with Crippen molar-refractivity contribution in [1.29, 1.82) is 5.41 Å². The van der Waals surface area contributed by atoms with Crippen LogP contribution in [-0.4, -0.2) is 23.0 Å². The zero-order valence-electron chi connectivity index (χ0n) is 10.4. The molecule has 0 unspecified atom stereocenters. The standard InChI is InChI=1S/C13H14ClN5/c1-2-17-7-10(6-15)8-3-9-5-12(16)18-19-13(9)11(14)4-8/h3-7,15,17H,2H2,1H3,(H2,16,18)/b10-7+,15-6?. The van der Waals surface area contributed by atoms with Crippen molar-refractivity contribution >= 4 is 40.1 Å². The summed E-state index contributed by atoms with van der Waals surface area (Å²) in [5, 5.41) is 19.6. The molecule has 2 aromatic rings. The van der Waals surface area contributed by atoms with Crippen molar-refractivity contribution in [3.05, 3.63) is 35.0 Å². The quantitative estimate of drug-likeness (QED) is 0.748. The van der Waals surface area contributed by atoms with E-state index in [-0.39, 0.29) is 0 Å². The van der Waals surface area contributed by atoms with Crippen LogP contribution in [0.15, 0.2) is 24.4 Å². The molecule has 98 valence electrons. The Balaban J connectivity index is 2.58. The molecule has 0 saturated heterocycles. The maximum atomic E-state index is 7.47. The number of aromatic nitrogens is 2. The van der Waals surface area contributed by atoms with Crippen molar-refractivity contribution in [2.75, 3.05) is 12.3 Å². The highest BCUT2D eigenvalue weighted by Crippen LogP contribution is 2.26. The van der Waals surface area contributed by atoms with Gasteiger partial charge in [0.1, 0.15) is 11.3 Å². The van der Waals surface area contributed by atoms with Crippen LogP contribution < -0.4 is 11.1 Å².